The highest BCUT2D eigenvalue weighted by atomic mass is 16.4. The molecule has 0 aliphatic rings. The summed E-state index contributed by atoms with van der Waals surface area (Å²) < 4.78 is 0. The summed E-state index contributed by atoms with van der Waals surface area (Å²) in [6.07, 6.45) is 0. The molecular weight excluding hydrogens is 244 g/mol. The number of phenolic OH excluding ortho intramolecular Hbond substituents is 1. The van der Waals surface area contributed by atoms with Gasteiger partial charge in [0.25, 0.3) is 0 Å². The van der Waals surface area contributed by atoms with Crippen molar-refractivity contribution < 1.29 is 20.1 Å². The van der Waals surface area contributed by atoms with Gasteiger partial charge in [0.05, 0.1) is 0 Å². The van der Waals surface area contributed by atoms with Crippen molar-refractivity contribution in [2.45, 2.75) is 12.8 Å². The molecule has 0 aromatic heterocycles. The quantitative estimate of drug-likeness (QED) is 0.740. The molecule has 4 heteroatoms. The molecule has 0 fully saturated rings. The van der Waals surface area contributed by atoms with E-state index in [9.17, 15) is 15.0 Å². The van der Waals surface area contributed by atoms with E-state index in [1.165, 1.54) is 12.1 Å². The van der Waals surface area contributed by atoms with Gasteiger partial charge in [-0.1, -0.05) is 37.3 Å². The van der Waals surface area contributed by atoms with Crippen LogP contribution in [-0.4, -0.2) is 21.3 Å². The van der Waals surface area contributed by atoms with Gasteiger partial charge in [0.2, 0.25) is 0 Å². The van der Waals surface area contributed by atoms with Crippen LogP contribution >= 0.6 is 0 Å². The normalized spacial score (nSPS) is 12.1. The Morgan fingerprint density at radius 2 is 1.68 bits per heavy atom. The molecule has 4 nitrogen and oxygen atoms in total. The zero-order valence-electron chi connectivity index (χ0n) is 10.4. The van der Waals surface area contributed by atoms with Crippen LogP contribution in [0.3, 0.4) is 0 Å². The highest BCUT2D eigenvalue weighted by molar-refractivity contribution is 5.92. The number of rotatable bonds is 3. The third-order valence-electron chi connectivity index (χ3n) is 3.14. The fourth-order valence-electron chi connectivity index (χ4n) is 1.99. The van der Waals surface area contributed by atoms with Gasteiger partial charge in [-0.15, -0.1) is 0 Å². The second-order valence-electron chi connectivity index (χ2n) is 4.37. The van der Waals surface area contributed by atoms with Crippen molar-refractivity contribution in [1.29, 1.82) is 0 Å². The summed E-state index contributed by atoms with van der Waals surface area (Å²) >= 11 is 0. The maximum atomic E-state index is 11.0. The summed E-state index contributed by atoms with van der Waals surface area (Å²) in [6, 6.07) is 12.3. The van der Waals surface area contributed by atoms with E-state index in [-0.39, 0.29) is 11.5 Å². The molecule has 2 rings (SSSR count). The number of benzene rings is 2. The number of hydrogen-bond acceptors (Lipinski definition) is 3. The molecule has 0 heterocycles. The zero-order chi connectivity index (χ0) is 14.0. The topological polar surface area (TPSA) is 77.8 Å². The van der Waals surface area contributed by atoms with Crippen LogP contribution in [0.25, 0.3) is 0 Å². The van der Waals surface area contributed by atoms with Crippen molar-refractivity contribution in [3.05, 3.63) is 59.2 Å². The summed E-state index contributed by atoms with van der Waals surface area (Å²) in [5.74, 6) is -2.37. The van der Waals surface area contributed by atoms with E-state index in [2.05, 4.69) is 0 Å². The molecule has 1 atom stereocenters. The molecule has 19 heavy (non-hydrogen) atoms. The molecule has 0 bridgehead atoms. The molecule has 0 radical (unpaired) electrons. The van der Waals surface area contributed by atoms with E-state index < -0.39 is 17.5 Å². The second kappa shape index (κ2) is 5.02. The van der Waals surface area contributed by atoms with Gasteiger partial charge in [0.1, 0.15) is 5.56 Å². The smallest absolute Gasteiger partial charge is 0.339 e. The van der Waals surface area contributed by atoms with Gasteiger partial charge >= 0.3 is 5.97 Å². The lowest BCUT2D eigenvalue weighted by molar-refractivity contribution is 0.0693. The summed E-state index contributed by atoms with van der Waals surface area (Å²) in [7, 11) is 0. The zero-order valence-corrected chi connectivity index (χ0v) is 10.4. The van der Waals surface area contributed by atoms with Crippen LogP contribution in [-0.2, 0) is 0 Å². The fourth-order valence-corrected chi connectivity index (χ4v) is 1.99. The molecule has 0 amide bonds. The molecule has 0 saturated carbocycles. The Labute approximate surface area is 110 Å². The van der Waals surface area contributed by atoms with E-state index in [1.54, 1.807) is 0 Å². The molecular formula is C15H14O4. The van der Waals surface area contributed by atoms with Crippen molar-refractivity contribution in [1.82, 2.24) is 0 Å². The predicted molar refractivity (Wildman–Crippen MR) is 70.7 cm³/mol. The van der Waals surface area contributed by atoms with E-state index >= 15 is 0 Å². The fraction of sp³-hybridized carbons (Fsp3) is 0.133. The first kappa shape index (κ1) is 13.0. The van der Waals surface area contributed by atoms with Gasteiger partial charge < -0.3 is 15.3 Å². The van der Waals surface area contributed by atoms with Gasteiger partial charge in [-0.3, -0.25) is 0 Å². The lowest BCUT2D eigenvalue weighted by atomic mass is 9.91. The van der Waals surface area contributed by atoms with Crippen molar-refractivity contribution >= 4 is 5.97 Å². The molecule has 0 saturated heterocycles. The molecule has 0 aliphatic carbocycles. The van der Waals surface area contributed by atoms with E-state index in [4.69, 9.17) is 5.11 Å². The Morgan fingerprint density at radius 3 is 2.26 bits per heavy atom. The van der Waals surface area contributed by atoms with Gasteiger partial charge in [-0.25, -0.2) is 4.79 Å². The second-order valence-corrected chi connectivity index (χ2v) is 4.37. The van der Waals surface area contributed by atoms with Crippen LogP contribution in [0.5, 0.6) is 11.5 Å². The predicted octanol–water partition coefficient (Wildman–Crippen LogP) is 2.95. The third-order valence-corrected chi connectivity index (χ3v) is 3.14. The average Bonchev–Trinajstić information content (AvgIpc) is 2.41. The largest absolute Gasteiger partial charge is 0.504 e. The maximum Gasteiger partial charge on any atom is 0.339 e. The molecule has 0 aliphatic heterocycles. The number of aromatic hydroxyl groups is 2. The highest BCUT2D eigenvalue weighted by Gasteiger charge is 2.18. The summed E-state index contributed by atoms with van der Waals surface area (Å²) in [5, 5.41) is 28.1. The first-order valence-corrected chi connectivity index (χ1v) is 5.85. The lowest BCUT2D eigenvalue weighted by Gasteiger charge is -2.14. The average molecular weight is 258 g/mol. The Kier molecular flexibility index (Phi) is 3.42. The van der Waals surface area contributed by atoms with Crippen LogP contribution in [0.15, 0.2) is 42.5 Å². The molecule has 98 valence electrons. The van der Waals surface area contributed by atoms with E-state index in [0.29, 0.717) is 5.56 Å². The minimum atomic E-state index is -1.27. The number of carboxylic acid groups (broad SMARTS) is 1. The Hall–Kier alpha value is -2.49. The number of carboxylic acids is 1. The number of phenols is 2. The molecule has 1 unspecified atom stereocenters. The Morgan fingerprint density at radius 1 is 1.05 bits per heavy atom. The van der Waals surface area contributed by atoms with Crippen molar-refractivity contribution in [2.75, 3.05) is 0 Å². The standard InChI is InChI=1S/C15H14O4/c1-9(10-5-3-2-4-6-10)11-7-12(15(18)19)14(17)13(16)8-11/h2-9,16-17H,1H3,(H,18,19). The van der Waals surface area contributed by atoms with Crippen LogP contribution in [0.4, 0.5) is 0 Å². The minimum Gasteiger partial charge on any atom is -0.504 e. The first-order valence-electron chi connectivity index (χ1n) is 5.85. The lowest BCUT2D eigenvalue weighted by Crippen LogP contribution is -2.02. The van der Waals surface area contributed by atoms with Gasteiger partial charge in [0, 0.05) is 5.92 Å². The van der Waals surface area contributed by atoms with Crippen LogP contribution < -0.4 is 0 Å². The van der Waals surface area contributed by atoms with Gasteiger partial charge in [-0.05, 0) is 23.3 Å². The Bertz CT molecular complexity index is 605. The summed E-state index contributed by atoms with van der Waals surface area (Å²) in [4.78, 5) is 11.0. The van der Waals surface area contributed by atoms with Gasteiger partial charge in [-0.2, -0.15) is 0 Å². The third kappa shape index (κ3) is 2.52. The monoisotopic (exact) mass is 258 g/mol. The molecule has 2 aromatic carbocycles. The number of carbonyl (C=O) groups is 1. The molecule has 0 spiro atoms. The number of hydrogen-bond donors (Lipinski definition) is 3. The van der Waals surface area contributed by atoms with Crippen LogP contribution in [0, 0.1) is 0 Å². The van der Waals surface area contributed by atoms with E-state index in [1.807, 2.05) is 37.3 Å². The maximum absolute atomic E-state index is 11.0. The number of aromatic carboxylic acids is 1. The van der Waals surface area contributed by atoms with Crippen LogP contribution in [0.1, 0.15) is 34.3 Å². The summed E-state index contributed by atoms with van der Waals surface area (Å²) in [5.41, 5.74) is 1.35. The Balaban J connectivity index is 2.49. The molecule has 3 N–H and O–H groups in total. The van der Waals surface area contributed by atoms with E-state index in [0.717, 1.165) is 5.56 Å². The minimum absolute atomic E-state index is 0.0780. The van der Waals surface area contributed by atoms with Crippen molar-refractivity contribution in [3.8, 4) is 11.5 Å². The SMILES string of the molecule is CC(c1ccccc1)c1cc(O)c(O)c(C(=O)O)c1. The first-order chi connectivity index (χ1) is 9.00. The van der Waals surface area contributed by atoms with Crippen LogP contribution in [0.2, 0.25) is 0 Å². The summed E-state index contributed by atoms with van der Waals surface area (Å²) in [6.45, 7) is 1.91. The highest BCUT2D eigenvalue weighted by Crippen LogP contribution is 2.35. The molecule has 2 aromatic rings. The van der Waals surface area contributed by atoms with Gasteiger partial charge in [0.15, 0.2) is 11.5 Å². The van der Waals surface area contributed by atoms with Crippen molar-refractivity contribution in [3.63, 3.8) is 0 Å². The van der Waals surface area contributed by atoms with Crippen molar-refractivity contribution in [2.24, 2.45) is 0 Å².